The van der Waals surface area contributed by atoms with E-state index >= 15 is 0 Å². The predicted molar refractivity (Wildman–Crippen MR) is 106 cm³/mol. The topological polar surface area (TPSA) is 71.2 Å². The standard InChI is InChI=1S/C22H22N2O3/c25-21(26)13-5-2-8-16-27-20-15-14-17-9-6-7-12-19(17)22(20)24-23-18-10-3-1-4-11-18/h1,3-4,6-7,9-12,14-15H,2,5,8,13,16H2,(H,25,26). The monoisotopic (exact) mass is 362 g/mol. The van der Waals surface area contributed by atoms with Gasteiger partial charge in [-0.05, 0) is 42.8 Å². The summed E-state index contributed by atoms with van der Waals surface area (Å²) >= 11 is 0. The van der Waals surface area contributed by atoms with Gasteiger partial charge in [0.15, 0.2) is 0 Å². The summed E-state index contributed by atoms with van der Waals surface area (Å²) in [5.41, 5.74) is 1.49. The van der Waals surface area contributed by atoms with Crippen molar-refractivity contribution in [2.24, 2.45) is 10.2 Å². The molecule has 5 heteroatoms. The van der Waals surface area contributed by atoms with Gasteiger partial charge in [0.05, 0.1) is 12.3 Å². The van der Waals surface area contributed by atoms with Crippen LogP contribution in [0, 0.1) is 0 Å². The number of carboxylic acid groups (broad SMARTS) is 1. The van der Waals surface area contributed by atoms with Crippen molar-refractivity contribution in [2.75, 3.05) is 6.61 Å². The molecule has 0 aliphatic heterocycles. The first-order valence-corrected chi connectivity index (χ1v) is 9.07. The van der Waals surface area contributed by atoms with E-state index in [1.165, 1.54) is 0 Å². The van der Waals surface area contributed by atoms with Crippen LogP contribution in [0.2, 0.25) is 0 Å². The molecule has 3 aromatic rings. The number of fused-ring (bicyclic) bond motifs is 1. The minimum absolute atomic E-state index is 0.201. The van der Waals surface area contributed by atoms with Gasteiger partial charge in [0.25, 0.3) is 0 Å². The number of carbonyl (C=O) groups is 1. The molecule has 0 aromatic heterocycles. The molecule has 0 bridgehead atoms. The van der Waals surface area contributed by atoms with Crippen LogP contribution in [0.15, 0.2) is 77.0 Å². The minimum Gasteiger partial charge on any atom is -0.491 e. The fourth-order valence-electron chi connectivity index (χ4n) is 2.79. The van der Waals surface area contributed by atoms with Gasteiger partial charge in [0.1, 0.15) is 11.4 Å². The fourth-order valence-corrected chi connectivity index (χ4v) is 2.79. The maximum atomic E-state index is 10.6. The van der Waals surface area contributed by atoms with Crippen LogP contribution in [-0.2, 0) is 4.79 Å². The second-order valence-corrected chi connectivity index (χ2v) is 6.22. The zero-order valence-electron chi connectivity index (χ0n) is 15.0. The van der Waals surface area contributed by atoms with Crippen LogP contribution in [0.4, 0.5) is 11.4 Å². The van der Waals surface area contributed by atoms with Gasteiger partial charge in [-0.1, -0.05) is 48.5 Å². The highest BCUT2D eigenvalue weighted by Gasteiger charge is 2.09. The van der Waals surface area contributed by atoms with Crippen molar-refractivity contribution in [2.45, 2.75) is 25.7 Å². The number of azo groups is 1. The van der Waals surface area contributed by atoms with Crippen molar-refractivity contribution in [3.05, 3.63) is 66.7 Å². The van der Waals surface area contributed by atoms with E-state index in [1.807, 2.05) is 66.7 Å². The summed E-state index contributed by atoms with van der Waals surface area (Å²) in [5.74, 6) is -0.0688. The average Bonchev–Trinajstić information content (AvgIpc) is 2.70. The van der Waals surface area contributed by atoms with Crippen LogP contribution < -0.4 is 4.74 Å². The summed E-state index contributed by atoms with van der Waals surface area (Å²) in [4.78, 5) is 10.6. The average molecular weight is 362 g/mol. The molecule has 0 saturated carbocycles. The first-order valence-electron chi connectivity index (χ1n) is 9.07. The first-order chi connectivity index (χ1) is 13.2. The van der Waals surface area contributed by atoms with E-state index in [0.29, 0.717) is 24.5 Å². The van der Waals surface area contributed by atoms with Gasteiger partial charge < -0.3 is 9.84 Å². The quantitative estimate of drug-likeness (QED) is 0.360. The molecule has 0 fully saturated rings. The third-order valence-electron chi connectivity index (χ3n) is 4.18. The Morgan fingerprint density at radius 3 is 2.44 bits per heavy atom. The fraction of sp³-hybridized carbons (Fsp3) is 0.227. The first kappa shape index (κ1) is 18.6. The molecular formula is C22H22N2O3. The summed E-state index contributed by atoms with van der Waals surface area (Å²) in [7, 11) is 0. The van der Waals surface area contributed by atoms with Gasteiger partial charge in [-0.2, -0.15) is 5.11 Å². The lowest BCUT2D eigenvalue weighted by Gasteiger charge is -2.11. The number of aliphatic carboxylic acids is 1. The molecule has 0 aliphatic rings. The molecule has 138 valence electrons. The Bertz CT molecular complexity index is 923. The zero-order chi connectivity index (χ0) is 18.9. The minimum atomic E-state index is -0.756. The van der Waals surface area contributed by atoms with Crippen LogP contribution in [0.3, 0.4) is 0 Å². The number of unbranched alkanes of at least 4 members (excludes halogenated alkanes) is 2. The predicted octanol–water partition coefficient (Wildman–Crippen LogP) is 6.28. The van der Waals surface area contributed by atoms with Crippen molar-refractivity contribution >= 4 is 28.1 Å². The lowest BCUT2D eigenvalue weighted by Crippen LogP contribution is -1.99. The second kappa shape index (κ2) is 9.48. The van der Waals surface area contributed by atoms with E-state index in [4.69, 9.17) is 9.84 Å². The number of ether oxygens (including phenoxy) is 1. The summed E-state index contributed by atoms with van der Waals surface area (Å²) < 4.78 is 5.94. The van der Waals surface area contributed by atoms with Crippen molar-refractivity contribution in [1.82, 2.24) is 0 Å². The lowest BCUT2D eigenvalue weighted by molar-refractivity contribution is -0.137. The molecule has 3 aromatic carbocycles. The molecule has 0 atom stereocenters. The Morgan fingerprint density at radius 1 is 0.852 bits per heavy atom. The van der Waals surface area contributed by atoms with Crippen LogP contribution in [0.1, 0.15) is 25.7 Å². The molecule has 0 radical (unpaired) electrons. The van der Waals surface area contributed by atoms with Crippen LogP contribution in [0.25, 0.3) is 10.8 Å². The van der Waals surface area contributed by atoms with Crippen LogP contribution in [0.5, 0.6) is 5.75 Å². The number of rotatable bonds is 9. The molecule has 1 N–H and O–H groups in total. The van der Waals surface area contributed by atoms with E-state index in [1.54, 1.807) is 0 Å². The van der Waals surface area contributed by atoms with E-state index in [2.05, 4.69) is 10.2 Å². The smallest absolute Gasteiger partial charge is 0.303 e. The van der Waals surface area contributed by atoms with Crippen LogP contribution in [-0.4, -0.2) is 17.7 Å². The summed E-state index contributed by atoms with van der Waals surface area (Å²) in [6.07, 6.45) is 2.49. The van der Waals surface area contributed by atoms with Gasteiger partial charge in [-0.25, -0.2) is 0 Å². The highest BCUT2D eigenvalue weighted by Crippen LogP contribution is 2.37. The Morgan fingerprint density at radius 2 is 1.63 bits per heavy atom. The molecule has 3 rings (SSSR count). The largest absolute Gasteiger partial charge is 0.491 e. The SMILES string of the molecule is O=C(O)CCCCCOc1ccc2ccccc2c1N=Nc1ccccc1. The van der Waals surface area contributed by atoms with Crippen molar-refractivity contribution < 1.29 is 14.6 Å². The molecule has 0 unspecified atom stereocenters. The van der Waals surface area contributed by atoms with Gasteiger partial charge in [0.2, 0.25) is 0 Å². The summed E-state index contributed by atoms with van der Waals surface area (Å²) in [6, 6.07) is 21.5. The highest BCUT2D eigenvalue weighted by molar-refractivity contribution is 5.95. The highest BCUT2D eigenvalue weighted by atomic mass is 16.5. The zero-order valence-corrected chi connectivity index (χ0v) is 15.0. The molecule has 0 spiro atoms. The summed E-state index contributed by atoms with van der Waals surface area (Å²) in [5, 5.41) is 19.6. The van der Waals surface area contributed by atoms with Gasteiger partial charge in [-0.15, -0.1) is 5.11 Å². The Labute approximate surface area is 158 Å². The number of nitrogens with zero attached hydrogens (tertiary/aromatic N) is 2. The van der Waals surface area contributed by atoms with Crippen molar-refractivity contribution in [3.8, 4) is 5.75 Å². The number of benzene rings is 3. The molecule has 0 amide bonds. The van der Waals surface area contributed by atoms with Crippen LogP contribution >= 0.6 is 0 Å². The number of hydrogen-bond acceptors (Lipinski definition) is 4. The van der Waals surface area contributed by atoms with Gasteiger partial charge in [-0.3, -0.25) is 4.79 Å². The Hall–Kier alpha value is -3.21. The normalized spacial score (nSPS) is 11.1. The third-order valence-corrected chi connectivity index (χ3v) is 4.18. The van der Waals surface area contributed by atoms with Crippen molar-refractivity contribution in [1.29, 1.82) is 0 Å². The van der Waals surface area contributed by atoms with Gasteiger partial charge >= 0.3 is 5.97 Å². The van der Waals surface area contributed by atoms with Crippen molar-refractivity contribution in [3.63, 3.8) is 0 Å². The molecular weight excluding hydrogens is 340 g/mol. The number of hydrogen-bond donors (Lipinski definition) is 1. The van der Waals surface area contributed by atoms with Gasteiger partial charge in [0, 0.05) is 11.8 Å². The molecule has 27 heavy (non-hydrogen) atoms. The third kappa shape index (κ3) is 5.38. The number of carboxylic acids is 1. The van der Waals surface area contributed by atoms with E-state index in [9.17, 15) is 4.79 Å². The van der Waals surface area contributed by atoms with E-state index in [-0.39, 0.29) is 6.42 Å². The second-order valence-electron chi connectivity index (χ2n) is 6.22. The Kier molecular flexibility index (Phi) is 6.52. The van der Waals surface area contributed by atoms with E-state index < -0.39 is 5.97 Å². The summed E-state index contributed by atoms with van der Waals surface area (Å²) in [6.45, 7) is 0.520. The molecule has 0 heterocycles. The Balaban J connectivity index is 1.76. The molecule has 5 nitrogen and oxygen atoms in total. The lowest BCUT2D eigenvalue weighted by atomic mass is 10.1. The maximum Gasteiger partial charge on any atom is 0.303 e. The maximum absolute atomic E-state index is 10.6. The molecule has 0 saturated heterocycles. The van der Waals surface area contributed by atoms with E-state index in [0.717, 1.165) is 29.3 Å². The molecule has 0 aliphatic carbocycles.